The molecule has 0 radical (unpaired) electrons. The largest absolute Gasteiger partial charge is 0.292 e. The smallest absolute Gasteiger partial charge is 0.282 e. The first-order chi connectivity index (χ1) is 16.2. The van der Waals surface area contributed by atoms with Crippen LogP contribution >= 0.6 is 31.9 Å². The number of carbonyl (C=O) groups is 4. The van der Waals surface area contributed by atoms with Gasteiger partial charge in [-0.1, -0.05) is 74.3 Å². The minimum atomic E-state index is -0.970. The number of hydrogen-bond acceptors (Lipinski definition) is 6. The number of nitro groups is 1. The van der Waals surface area contributed by atoms with Crippen molar-refractivity contribution in [1.29, 1.82) is 0 Å². The molecule has 4 atom stereocenters. The van der Waals surface area contributed by atoms with Crippen molar-refractivity contribution in [2.24, 2.45) is 11.8 Å². The summed E-state index contributed by atoms with van der Waals surface area (Å²) in [4.78, 5) is 64.0. The minimum Gasteiger partial charge on any atom is -0.292 e. The molecule has 1 aliphatic carbocycles. The van der Waals surface area contributed by atoms with E-state index in [4.69, 9.17) is 0 Å². The molecule has 2 aromatic rings. The molecule has 0 bridgehead atoms. The predicted molar refractivity (Wildman–Crippen MR) is 128 cm³/mol. The molecular weight excluding hydrogens is 574 g/mol. The second kappa shape index (κ2) is 9.75. The van der Waals surface area contributed by atoms with Crippen molar-refractivity contribution >= 4 is 61.1 Å². The van der Waals surface area contributed by atoms with Crippen LogP contribution in [0, 0.1) is 22.0 Å². The summed E-state index contributed by atoms with van der Waals surface area (Å²) in [6.45, 7) is -0.624. The number of imide groups is 1. The number of nitrogens with zero attached hydrogens (tertiary/aromatic N) is 3. The number of nitro benzene ring substituents is 1. The minimum absolute atomic E-state index is 0.0456. The lowest BCUT2D eigenvalue weighted by Gasteiger charge is -2.30. The van der Waals surface area contributed by atoms with Crippen LogP contribution in [-0.4, -0.2) is 54.6 Å². The van der Waals surface area contributed by atoms with Crippen molar-refractivity contribution < 1.29 is 24.1 Å². The SMILES string of the molecule is O=C(CN(C(=O)c1ccccc1[N+](=O)[O-])N1C(=O)[C@H]2C[C@H](Br)[C@@H](Br)C[C@H]2C1=O)c1ccccc1. The Morgan fingerprint density at radius 3 is 2.03 bits per heavy atom. The van der Waals surface area contributed by atoms with Crippen LogP contribution in [0.1, 0.15) is 33.6 Å². The molecule has 1 aliphatic heterocycles. The number of ketones is 1. The zero-order valence-corrected chi connectivity index (χ0v) is 20.8. The second-order valence-electron chi connectivity index (χ2n) is 8.13. The summed E-state index contributed by atoms with van der Waals surface area (Å²) in [6, 6.07) is 13.4. The van der Waals surface area contributed by atoms with Crippen LogP contribution in [0.3, 0.4) is 0 Å². The van der Waals surface area contributed by atoms with Gasteiger partial charge in [-0.3, -0.25) is 29.3 Å². The fraction of sp³-hybridized carbons (Fsp3) is 0.304. The van der Waals surface area contributed by atoms with Crippen molar-refractivity contribution in [2.75, 3.05) is 6.54 Å². The van der Waals surface area contributed by atoms with Gasteiger partial charge in [-0.15, -0.1) is 0 Å². The average molecular weight is 593 g/mol. The summed E-state index contributed by atoms with van der Waals surface area (Å²) in [6.07, 6.45) is 0.754. The molecule has 0 unspecified atom stereocenters. The number of alkyl halides is 2. The molecule has 2 fully saturated rings. The molecule has 9 nitrogen and oxygen atoms in total. The maximum Gasteiger partial charge on any atom is 0.282 e. The quantitative estimate of drug-likeness (QED) is 0.166. The highest BCUT2D eigenvalue weighted by Crippen LogP contribution is 2.43. The van der Waals surface area contributed by atoms with E-state index in [0.29, 0.717) is 12.8 Å². The van der Waals surface area contributed by atoms with Crippen LogP contribution in [0.25, 0.3) is 0 Å². The topological polar surface area (TPSA) is 118 Å². The summed E-state index contributed by atoms with van der Waals surface area (Å²) in [5.74, 6) is -3.97. The molecule has 2 aromatic carbocycles. The van der Waals surface area contributed by atoms with E-state index >= 15 is 0 Å². The molecular formula is C23H19Br2N3O6. The molecule has 0 N–H and O–H groups in total. The van der Waals surface area contributed by atoms with E-state index in [0.717, 1.165) is 16.1 Å². The lowest BCUT2D eigenvalue weighted by atomic mass is 9.81. The molecule has 1 heterocycles. The first-order valence-electron chi connectivity index (χ1n) is 10.5. The normalized spacial score (nSPS) is 24.0. The van der Waals surface area contributed by atoms with Crippen LogP contribution in [0.2, 0.25) is 0 Å². The number of hydrogen-bond donors (Lipinski definition) is 0. The van der Waals surface area contributed by atoms with Gasteiger partial charge in [-0.2, -0.15) is 5.01 Å². The molecule has 3 amide bonds. The zero-order valence-electron chi connectivity index (χ0n) is 17.7. The summed E-state index contributed by atoms with van der Waals surface area (Å²) in [5, 5.41) is 13.0. The molecule has 4 rings (SSSR count). The summed E-state index contributed by atoms with van der Waals surface area (Å²) < 4.78 is 0. The average Bonchev–Trinajstić information content (AvgIpc) is 3.06. The van der Waals surface area contributed by atoms with Gasteiger partial charge in [-0.25, -0.2) is 5.01 Å². The van der Waals surface area contributed by atoms with Gasteiger partial charge in [0.15, 0.2) is 5.78 Å². The van der Waals surface area contributed by atoms with Crippen molar-refractivity contribution in [3.05, 3.63) is 75.8 Å². The third-order valence-electron chi connectivity index (χ3n) is 6.08. The Hall–Kier alpha value is -2.92. The molecule has 1 saturated heterocycles. The third-order valence-corrected chi connectivity index (χ3v) is 8.82. The Morgan fingerprint density at radius 2 is 1.47 bits per heavy atom. The number of rotatable bonds is 6. The van der Waals surface area contributed by atoms with E-state index in [2.05, 4.69) is 31.9 Å². The Labute approximate surface area is 211 Å². The Balaban J connectivity index is 1.75. The van der Waals surface area contributed by atoms with Gasteiger partial charge in [0.2, 0.25) is 0 Å². The fourth-order valence-corrected chi connectivity index (χ4v) is 5.59. The van der Waals surface area contributed by atoms with E-state index in [1.807, 2.05) is 0 Å². The molecule has 1 saturated carbocycles. The van der Waals surface area contributed by atoms with Crippen LogP contribution in [-0.2, 0) is 9.59 Å². The van der Waals surface area contributed by atoms with Crippen LogP contribution < -0.4 is 0 Å². The first kappa shape index (κ1) is 24.2. The zero-order chi connectivity index (χ0) is 24.6. The van der Waals surface area contributed by atoms with Gasteiger partial charge < -0.3 is 0 Å². The summed E-state index contributed by atoms with van der Waals surface area (Å²) in [7, 11) is 0. The maximum absolute atomic E-state index is 13.6. The van der Waals surface area contributed by atoms with Gasteiger partial charge in [0.25, 0.3) is 23.4 Å². The van der Waals surface area contributed by atoms with Gasteiger partial charge >= 0.3 is 0 Å². The molecule has 0 spiro atoms. The number of fused-ring (bicyclic) bond motifs is 1. The van der Waals surface area contributed by atoms with Crippen LogP contribution in [0.5, 0.6) is 0 Å². The number of halogens is 2. The Morgan fingerprint density at radius 1 is 0.941 bits per heavy atom. The van der Waals surface area contributed by atoms with Crippen LogP contribution in [0.4, 0.5) is 5.69 Å². The van der Waals surface area contributed by atoms with Crippen LogP contribution in [0.15, 0.2) is 54.6 Å². The predicted octanol–water partition coefficient (Wildman–Crippen LogP) is 3.76. The van der Waals surface area contributed by atoms with Gasteiger partial charge in [-0.05, 0) is 18.9 Å². The van der Waals surface area contributed by atoms with Crippen molar-refractivity contribution in [3.8, 4) is 0 Å². The number of amides is 3. The highest BCUT2D eigenvalue weighted by Gasteiger charge is 2.55. The lowest BCUT2D eigenvalue weighted by molar-refractivity contribution is -0.385. The number of Topliss-reactive ketones (excluding diaryl/α,β-unsaturated/α-hetero) is 1. The van der Waals surface area contributed by atoms with Gasteiger partial charge in [0.1, 0.15) is 12.1 Å². The van der Waals surface area contributed by atoms with Crippen molar-refractivity contribution in [1.82, 2.24) is 10.0 Å². The highest BCUT2D eigenvalue weighted by molar-refractivity contribution is 9.12. The van der Waals surface area contributed by atoms with E-state index < -0.39 is 52.5 Å². The first-order valence-corrected chi connectivity index (χ1v) is 12.3. The number of carbonyl (C=O) groups excluding carboxylic acids is 4. The van der Waals surface area contributed by atoms with Gasteiger partial charge in [0.05, 0.1) is 16.8 Å². The summed E-state index contributed by atoms with van der Waals surface area (Å²) in [5.41, 5.74) is -0.525. The molecule has 34 heavy (non-hydrogen) atoms. The standard InChI is InChI=1S/C23H19Br2N3O6/c24-17-10-15-16(11-18(17)25)23(32)27(22(15)31)26(12-20(29)13-6-2-1-3-7-13)21(30)14-8-4-5-9-19(14)28(33)34/h1-9,15-18H,10-12H2/t15-,16+,17-,18-/m0/s1. The monoisotopic (exact) mass is 591 g/mol. The lowest BCUT2D eigenvalue weighted by Crippen LogP contribution is -2.52. The van der Waals surface area contributed by atoms with E-state index in [1.165, 1.54) is 18.2 Å². The van der Waals surface area contributed by atoms with E-state index in [9.17, 15) is 29.3 Å². The van der Waals surface area contributed by atoms with Gasteiger partial charge in [0, 0.05) is 21.3 Å². The van der Waals surface area contributed by atoms with E-state index in [-0.39, 0.29) is 20.8 Å². The molecule has 2 aliphatic rings. The number of benzene rings is 2. The molecule has 0 aromatic heterocycles. The Bertz CT molecular complexity index is 1150. The highest BCUT2D eigenvalue weighted by atomic mass is 79.9. The molecule has 11 heteroatoms. The second-order valence-corrected chi connectivity index (χ2v) is 10.5. The van der Waals surface area contributed by atoms with Crippen molar-refractivity contribution in [2.45, 2.75) is 22.5 Å². The number of hydrazine groups is 1. The molecule has 176 valence electrons. The Kier molecular flexibility index (Phi) is 6.94. The van der Waals surface area contributed by atoms with Crippen molar-refractivity contribution in [3.63, 3.8) is 0 Å². The fourth-order valence-electron chi connectivity index (χ4n) is 4.35. The third kappa shape index (κ3) is 4.41. The summed E-state index contributed by atoms with van der Waals surface area (Å²) >= 11 is 7.04. The number of para-hydroxylation sites is 1. The van der Waals surface area contributed by atoms with E-state index in [1.54, 1.807) is 30.3 Å². The maximum atomic E-state index is 13.6.